The molecule has 2 rings (SSSR count). The Hall–Kier alpha value is -0.940. The molecule has 0 radical (unpaired) electrons. The molecule has 0 saturated carbocycles. The van der Waals surface area contributed by atoms with Gasteiger partial charge in [0.2, 0.25) is 0 Å². The second-order valence-electron chi connectivity index (χ2n) is 4.80. The third-order valence-corrected chi connectivity index (χ3v) is 3.71. The average Bonchev–Trinajstić information content (AvgIpc) is 2.74. The van der Waals surface area contributed by atoms with E-state index < -0.39 is 12.6 Å². The minimum atomic E-state index is -4.10. The van der Waals surface area contributed by atoms with Crippen LogP contribution in [0, 0.1) is 0 Å². The molecule has 0 fully saturated rings. The van der Waals surface area contributed by atoms with Crippen LogP contribution in [-0.2, 0) is 13.0 Å². The summed E-state index contributed by atoms with van der Waals surface area (Å²) in [6, 6.07) is 5.42. The predicted molar refractivity (Wildman–Crippen MR) is 79.1 cm³/mol. The number of aryl methyl sites for hydroxylation is 2. The van der Waals surface area contributed by atoms with Crippen molar-refractivity contribution in [3.63, 3.8) is 0 Å². The lowest BCUT2D eigenvalue weighted by atomic mass is 10.2. The summed E-state index contributed by atoms with van der Waals surface area (Å²) in [5.41, 5.74) is 1.52. The van der Waals surface area contributed by atoms with Crippen molar-refractivity contribution in [3.8, 4) is 0 Å². The Morgan fingerprint density at radius 1 is 1.19 bits per heavy atom. The van der Waals surface area contributed by atoms with Gasteiger partial charge in [-0.3, -0.25) is 0 Å². The van der Waals surface area contributed by atoms with E-state index in [1.165, 1.54) is 0 Å². The van der Waals surface area contributed by atoms with E-state index in [1.54, 1.807) is 6.07 Å². The quantitative estimate of drug-likeness (QED) is 0.522. The first kappa shape index (κ1) is 16.4. The molecule has 1 aromatic carbocycles. The standard InChI is InChI=1S/C14H15Cl2F3N2/c15-8-6-12-20-13-10(16)4-3-5-11(13)21(12)9-2-1-7-14(17,18)19/h3-5H,1-2,6-9H2. The van der Waals surface area contributed by atoms with Gasteiger partial charge in [0.15, 0.2) is 0 Å². The Balaban J connectivity index is 2.17. The molecule has 0 aliphatic carbocycles. The van der Waals surface area contributed by atoms with Crippen LogP contribution >= 0.6 is 23.2 Å². The Kier molecular flexibility index (Phi) is 5.38. The molecule has 0 bridgehead atoms. The number of alkyl halides is 4. The number of fused-ring (bicyclic) bond motifs is 1. The van der Waals surface area contributed by atoms with Crippen LogP contribution in [0.25, 0.3) is 11.0 Å². The highest BCUT2D eigenvalue weighted by atomic mass is 35.5. The highest BCUT2D eigenvalue weighted by molar-refractivity contribution is 6.34. The number of imidazole rings is 1. The lowest BCUT2D eigenvalue weighted by molar-refractivity contribution is -0.135. The van der Waals surface area contributed by atoms with Crippen molar-refractivity contribution < 1.29 is 13.2 Å². The van der Waals surface area contributed by atoms with E-state index in [4.69, 9.17) is 23.2 Å². The molecule has 7 heteroatoms. The fraction of sp³-hybridized carbons (Fsp3) is 0.500. The number of nitrogens with zero attached hydrogens (tertiary/aromatic N) is 2. The van der Waals surface area contributed by atoms with E-state index in [0.717, 1.165) is 11.3 Å². The fourth-order valence-electron chi connectivity index (χ4n) is 2.28. The van der Waals surface area contributed by atoms with Gasteiger partial charge in [-0.2, -0.15) is 13.2 Å². The van der Waals surface area contributed by atoms with Crippen molar-refractivity contribution in [2.45, 2.75) is 38.4 Å². The maximum Gasteiger partial charge on any atom is 0.389 e. The van der Waals surface area contributed by atoms with Crippen molar-refractivity contribution in [2.24, 2.45) is 0 Å². The molecule has 21 heavy (non-hydrogen) atoms. The smallest absolute Gasteiger partial charge is 0.328 e. The van der Waals surface area contributed by atoms with Gasteiger partial charge in [0.1, 0.15) is 11.3 Å². The van der Waals surface area contributed by atoms with Gasteiger partial charge in [-0.1, -0.05) is 17.7 Å². The van der Waals surface area contributed by atoms with E-state index in [2.05, 4.69) is 4.98 Å². The van der Waals surface area contributed by atoms with Crippen LogP contribution < -0.4 is 0 Å². The summed E-state index contributed by atoms with van der Waals surface area (Å²) in [5.74, 6) is 1.17. The van der Waals surface area contributed by atoms with E-state index in [9.17, 15) is 13.2 Å². The molecular weight excluding hydrogens is 324 g/mol. The molecule has 0 amide bonds. The zero-order chi connectivity index (χ0) is 15.5. The molecule has 1 heterocycles. The van der Waals surface area contributed by atoms with Gasteiger partial charge in [0.25, 0.3) is 0 Å². The molecule has 0 aliphatic heterocycles. The molecule has 1 aromatic heterocycles. The van der Waals surface area contributed by atoms with Crippen LogP contribution in [0.1, 0.15) is 25.1 Å². The van der Waals surface area contributed by atoms with Gasteiger partial charge in [0.05, 0.1) is 10.5 Å². The highest BCUT2D eigenvalue weighted by Crippen LogP contribution is 2.26. The Labute approximate surface area is 130 Å². The molecule has 2 nitrogen and oxygen atoms in total. The first-order valence-corrected chi connectivity index (χ1v) is 7.60. The first-order chi connectivity index (χ1) is 9.92. The molecule has 0 saturated heterocycles. The number of hydrogen-bond acceptors (Lipinski definition) is 1. The van der Waals surface area contributed by atoms with E-state index >= 15 is 0 Å². The molecular formula is C14H15Cl2F3N2. The summed E-state index contributed by atoms with van der Waals surface area (Å²) in [4.78, 5) is 4.45. The number of hydrogen-bond donors (Lipinski definition) is 0. The van der Waals surface area contributed by atoms with E-state index in [1.807, 2.05) is 16.7 Å². The SMILES string of the molecule is FC(F)(F)CCCCn1c(CCCl)nc2c(Cl)cccc21. The van der Waals surface area contributed by atoms with Crippen LogP contribution in [0.15, 0.2) is 18.2 Å². The van der Waals surface area contributed by atoms with Crippen LogP contribution in [0.4, 0.5) is 13.2 Å². The second kappa shape index (κ2) is 6.88. The topological polar surface area (TPSA) is 17.8 Å². The number of halogens is 5. The molecule has 0 unspecified atom stereocenters. The number of benzene rings is 1. The van der Waals surface area contributed by atoms with Crippen LogP contribution in [-0.4, -0.2) is 21.6 Å². The van der Waals surface area contributed by atoms with Crippen molar-refractivity contribution in [1.29, 1.82) is 0 Å². The molecule has 116 valence electrons. The third-order valence-electron chi connectivity index (χ3n) is 3.22. The van der Waals surface area contributed by atoms with Crippen molar-refractivity contribution in [3.05, 3.63) is 29.0 Å². The summed E-state index contributed by atoms with van der Waals surface area (Å²) in [7, 11) is 0. The normalized spacial score (nSPS) is 12.2. The van der Waals surface area contributed by atoms with Crippen LogP contribution in [0.2, 0.25) is 5.02 Å². The number of aromatic nitrogens is 2. The Bertz CT molecular complexity index is 608. The lowest BCUT2D eigenvalue weighted by Crippen LogP contribution is -2.09. The maximum atomic E-state index is 12.2. The monoisotopic (exact) mass is 338 g/mol. The summed E-state index contributed by atoms with van der Waals surface area (Å²) < 4.78 is 38.4. The lowest BCUT2D eigenvalue weighted by Gasteiger charge is -2.09. The minimum Gasteiger partial charge on any atom is -0.328 e. The predicted octanol–water partition coefficient (Wildman–Crippen LogP) is 5.20. The summed E-state index contributed by atoms with van der Waals surface area (Å²) in [6.07, 6.45) is -3.76. The van der Waals surface area contributed by atoms with Gasteiger partial charge < -0.3 is 4.57 Å². The highest BCUT2D eigenvalue weighted by Gasteiger charge is 2.26. The number of para-hydroxylation sites is 1. The van der Waals surface area contributed by atoms with E-state index in [-0.39, 0.29) is 6.42 Å². The van der Waals surface area contributed by atoms with Crippen molar-refractivity contribution in [1.82, 2.24) is 9.55 Å². The molecule has 0 N–H and O–H groups in total. The van der Waals surface area contributed by atoms with E-state index in [0.29, 0.717) is 35.8 Å². The third kappa shape index (κ3) is 4.27. The average molecular weight is 339 g/mol. The summed E-state index contributed by atoms with van der Waals surface area (Å²) in [6.45, 7) is 0.485. The van der Waals surface area contributed by atoms with Crippen LogP contribution in [0.5, 0.6) is 0 Å². The zero-order valence-corrected chi connectivity index (χ0v) is 12.8. The van der Waals surface area contributed by atoms with Gasteiger partial charge in [0, 0.05) is 25.3 Å². The number of unbranched alkanes of at least 4 members (excludes halogenated alkanes) is 1. The fourth-order valence-corrected chi connectivity index (χ4v) is 2.66. The van der Waals surface area contributed by atoms with Gasteiger partial charge in [-0.15, -0.1) is 11.6 Å². The Morgan fingerprint density at radius 3 is 2.62 bits per heavy atom. The second-order valence-corrected chi connectivity index (χ2v) is 5.58. The molecule has 0 atom stereocenters. The summed E-state index contributed by atoms with van der Waals surface area (Å²) >= 11 is 11.9. The van der Waals surface area contributed by atoms with Gasteiger partial charge in [-0.05, 0) is 25.0 Å². The molecule has 0 aliphatic rings. The minimum absolute atomic E-state index is 0.101. The largest absolute Gasteiger partial charge is 0.389 e. The van der Waals surface area contributed by atoms with Gasteiger partial charge >= 0.3 is 6.18 Å². The molecule has 0 spiro atoms. The van der Waals surface area contributed by atoms with Crippen molar-refractivity contribution in [2.75, 3.05) is 5.88 Å². The van der Waals surface area contributed by atoms with Crippen molar-refractivity contribution >= 4 is 34.2 Å². The maximum absolute atomic E-state index is 12.2. The Morgan fingerprint density at radius 2 is 1.95 bits per heavy atom. The van der Waals surface area contributed by atoms with Gasteiger partial charge in [-0.25, -0.2) is 4.98 Å². The van der Waals surface area contributed by atoms with Crippen LogP contribution in [0.3, 0.4) is 0 Å². The summed E-state index contributed by atoms with van der Waals surface area (Å²) in [5, 5.41) is 0.539. The zero-order valence-electron chi connectivity index (χ0n) is 11.3. The number of rotatable bonds is 6. The first-order valence-electron chi connectivity index (χ1n) is 6.68. The molecule has 2 aromatic rings.